The van der Waals surface area contributed by atoms with E-state index in [9.17, 15) is 13.2 Å². The van der Waals surface area contributed by atoms with E-state index >= 15 is 0 Å². The van der Waals surface area contributed by atoms with Crippen LogP contribution in [0.15, 0.2) is 83.8 Å². The summed E-state index contributed by atoms with van der Waals surface area (Å²) in [5.74, 6) is -0.217. The van der Waals surface area contributed by atoms with Crippen molar-refractivity contribution in [2.45, 2.75) is 24.3 Å². The highest BCUT2D eigenvalue weighted by Gasteiger charge is 2.24. The van der Waals surface area contributed by atoms with Gasteiger partial charge in [-0.1, -0.05) is 42.5 Å². The van der Waals surface area contributed by atoms with E-state index in [1.807, 2.05) is 24.3 Å². The highest BCUT2D eigenvalue weighted by molar-refractivity contribution is 7.92. The molecule has 0 aliphatic carbocycles. The maximum absolute atomic E-state index is 13.2. The van der Waals surface area contributed by atoms with Crippen LogP contribution in [0.4, 0.5) is 11.4 Å². The minimum Gasteiger partial charge on any atom is -0.371 e. The molecule has 3 aromatic carbocycles. The molecule has 4 rings (SSSR count). The number of anilines is 2. The Hall–Kier alpha value is -3.32. The predicted octanol–water partition coefficient (Wildman–Crippen LogP) is 4.38. The molecule has 0 N–H and O–H groups in total. The van der Waals surface area contributed by atoms with Gasteiger partial charge in [-0.25, -0.2) is 8.42 Å². The van der Waals surface area contributed by atoms with E-state index in [4.69, 9.17) is 0 Å². The molecular formula is C26H29N3O3S. The van der Waals surface area contributed by atoms with Crippen molar-refractivity contribution < 1.29 is 13.2 Å². The van der Waals surface area contributed by atoms with Crippen molar-refractivity contribution in [3.63, 3.8) is 0 Å². The van der Waals surface area contributed by atoms with Gasteiger partial charge in [-0.15, -0.1) is 0 Å². The minimum atomic E-state index is -3.79. The fourth-order valence-electron chi connectivity index (χ4n) is 4.18. The standard InChI is InChI=1S/C26H29N3O3S/c1-27(20-22-11-6-7-16-25(22)29-17-8-9-18-29)26(30)21-12-10-15-24(19-21)33(31,32)28(2)23-13-4-3-5-14-23/h3-7,10-16,19H,8-9,17-18,20H2,1-2H3. The lowest BCUT2D eigenvalue weighted by atomic mass is 10.1. The third-order valence-electron chi connectivity index (χ3n) is 6.05. The SMILES string of the molecule is CN(Cc1ccccc1N1CCCC1)C(=O)c1cccc(S(=O)(=O)N(C)c2ccccc2)c1. The first-order valence-corrected chi connectivity index (χ1v) is 12.5. The van der Waals surface area contributed by atoms with Gasteiger partial charge >= 0.3 is 0 Å². The van der Waals surface area contributed by atoms with Crippen LogP contribution in [0.3, 0.4) is 0 Å². The summed E-state index contributed by atoms with van der Waals surface area (Å²) in [6.07, 6.45) is 2.36. The van der Waals surface area contributed by atoms with Crippen molar-refractivity contribution in [1.82, 2.24) is 4.90 Å². The van der Waals surface area contributed by atoms with Gasteiger partial charge < -0.3 is 9.80 Å². The zero-order valence-electron chi connectivity index (χ0n) is 19.0. The molecular weight excluding hydrogens is 434 g/mol. The molecule has 3 aromatic rings. The third-order valence-corrected chi connectivity index (χ3v) is 7.83. The summed E-state index contributed by atoms with van der Waals surface area (Å²) in [5, 5.41) is 0. The van der Waals surface area contributed by atoms with Gasteiger partial charge in [0.1, 0.15) is 0 Å². The Bertz CT molecular complexity index is 1220. The first-order valence-electron chi connectivity index (χ1n) is 11.1. The first kappa shape index (κ1) is 22.9. The average Bonchev–Trinajstić information content (AvgIpc) is 3.39. The Morgan fingerprint density at radius 2 is 1.55 bits per heavy atom. The average molecular weight is 464 g/mol. The van der Waals surface area contributed by atoms with Crippen molar-refractivity contribution in [3.05, 3.63) is 90.0 Å². The summed E-state index contributed by atoms with van der Waals surface area (Å²) in [6.45, 7) is 2.51. The second kappa shape index (κ2) is 9.67. The molecule has 0 aromatic heterocycles. The van der Waals surface area contributed by atoms with E-state index in [2.05, 4.69) is 11.0 Å². The number of nitrogens with zero attached hydrogens (tertiary/aromatic N) is 3. The molecule has 1 aliphatic rings. The van der Waals surface area contributed by atoms with Crippen molar-refractivity contribution in [2.75, 3.05) is 36.4 Å². The Morgan fingerprint density at radius 1 is 0.879 bits per heavy atom. The fraction of sp³-hybridized carbons (Fsp3) is 0.269. The van der Waals surface area contributed by atoms with Crippen LogP contribution in [0.2, 0.25) is 0 Å². The number of benzene rings is 3. The number of para-hydroxylation sites is 2. The predicted molar refractivity (Wildman–Crippen MR) is 132 cm³/mol. The van der Waals surface area contributed by atoms with Gasteiger partial charge in [0.15, 0.2) is 0 Å². The quantitative estimate of drug-likeness (QED) is 0.522. The molecule has 6 nitrogen and oxygen atoms in total. The van der Waals surface area contributed by atoms with Crippen LogP contribution in [0.1, 0.15) is 28.8 Å². The van der Waals surface area contributed by atoms with Crippen molar-refractivity contribution in [1.29, 1.82) is 0 Å². The van der Waals surface area contributed by atoms with Gasteiger partial charge in [-0.05, 0) is 54.8 Å². The Kier molecular flexibility index (Phi) is 6.70. The lowest BCUT2D eigenvalue weighted by molar-refractivity contribution is 0.0785. The molecule has 1 amide bonds. The van der Waals surface area contributed by atoms with Crippen molar-refractivity contribution in [2.24, 2.45) is 0 Å². The van der Waals surface area contributed by atoms with E-state index in [0.29, 0.717) is 17.8 Å². The smallest absolute Gasteiger partial charge is 0.264 e. The van der Waals surface area contributed by atoms with Gasteiger partial charge in [0, 0.05) is 45.0 Å². The molecule has 0 bridgehead atoms. The van der Waals surface area contributed by atoms with E-state index in [0.717, 1.165) is 24.3 Å². The first-order chi connectivity index (χ1) is 15.9. The zero-order chi connectivity index (χ0) is 23.4. The van der Waals surface area contributed by atoms with Crippen LogP contribution < -0.4 is 9.21 Å². The molecule has 0 spiro atoms. The summed E-state index contributed by atoms with van der Waals surface area (Å²) in [4.78, 5) is 17.3. The summed E-state index contributed by atoms with van der Waals surface area (Å²) in [6, 6.07) is 23.3. The molecule has 172 valence electrons. The zero-order valence-corrected chi connectivity index (χ0v) is 19.8. The normalized spacial score (nSPS) is 13.7. The molecule has 1 heterocycles. The van der Waals surface area contributed by atoms with Gasteiger partial charge in [-0.2, -0.15) is 0 Å². The van der Waals surface area contributed by atoms with Crippen molar-refractivity contribution in [3.8, 4) is 0 Å². The molecule has 1 fully saturated rings. The number of rotatable bonds is 7. The molecule has 1 saturated heterocycles. The number of carbonyl (C=O) groups is 1. The summed E-state index contributed by atoms with van der Waals surface area (Å²) < 4.78 is 27.5. The van der Waals surface area contributed by atoms with Crippen LogP contribution in [0.25, 0.3) is 0 Å². The molecule has 0 saturated carbocycles. The Labute approximate surface area is 196 Å². The summed E-state index contributed by atoms with van der Waals surface area (Å²) >= 11 is 0. The number of amides is 1. The molecule has 0 radical (unpaired) electrons. The van der Waals surface area contributed by atoms with Gasteiger partial charge in [0.25, 0.3) is 15.9 Å². The second-order valence-corrected chi connectivity index (χ2v) is 10.3. The fourth-order valence-corrected chi connectivity index (χ4v) is 5.43. The van der Waals surface area contributed by atoms with Gasteiger partial charge in [0.2, 0.25) is 0 Å². The van der Waals surface area contributed by atoms with E-state index in [1.165, 1.54) is 36.3 Å². The van der Waals surface area contributed by atoms with Crippen LogP contribution in [0.5, 0.6) is 0 Å². The number of carbonyl (C=O) groups excluding carboxylic acids is 1. The largest absolute Gasteiger partial charge is 0.371 e. The third kappa shape index (κ3) is 4.88. The lowest BCUT2D eigenvalue weighted by Gasteiger charge is -2.25. The van der Waals surface area contributed by atoms with Gasteiger partial charge in [-0.3, -0.25) is 9.10 Å². The monoisotopic (exact) mass is 463 g/mol. The Balaban J connectivity index is 1.55. The van der Waals surface area contributed by atoms with Gasteiger partial charge in [0.05, 0.1) is 10.6 Å². The number of hydrogen-bond acceptors (Lipinski definition) is 4. The van der Waals surface area contributed by atoms with E-state index < -0.39 is 10.0 Å². The maximum atomic E-state index is 13.2. The van der Waals surface area contributed by atoms with Crippen LogP contribution >= 0.6 is 0 Å². The van der Waals surface area contributed by atoms with Crippen LogP contribution in [0, 0.1) is 0 Å². The molecule has 33 heavy (non-hydrogen) atoms. The molecule has 0 unspecified atom stereocenters. The number of sulfonamides is 1. The topological polar surface area (TPSA) is 60.9 Å². The molecule has 1 aliphatic heterocycles. The highest BCUT2D eigenvalue weighted by Crippen LogP contribution is 2.26. The van der Waals surface area contributed by atoms with Crippen molar-refractivity contribution >= 4 is 27.3 Å². The second-order valence-electron chi connectivity index (χ2n) is 8.32. The number of hydrogen-bond donors (Lipinski definition) is 0. The van der Waals surface area contributed by atoms with E-state index in [1.54, 1.807) is 48.3 Å². The summed E-state index contributed by atoms with van der Waals surface area (Å²) in [5.41, 5.74) is 3.15. The summed E-state index contributed by atoms with van der Waals surface area (Å²) in [7, 11) is -0.530. The molecule has 0 atom stereocenters. The lowest BCUT2D eigenvalue weighted by Crippen LogP contribution is -2.29. The maximum Gasteiger partial charge on any atom is 0.264 e. The van der Waals surface area contributed by atoms with Crippen LogP contribution in [-0.2, 0) is 16.6 Å². The van der Waals surface area contributed by atoms with E-state index in [-0.39, 0.29) is 10.8 Å². The van der Waals surface area contributed by atoms with Crippen LogP contribution in [-0.4, -0.2) is 46.4 Å². The highest BCUT2D eigenvalue weighted by atomic mass is 32.2. The Morgan fingerprint density at radius 3 is 2.27 bits per heavy atom. The minimum absolute atomic E-state index is 0.0885. The molecule has 7 heteroatoms.